The van der Waals surface area contributed by atoms with Crippen molar-refractivity contribution in [2.24, 2.45) is 0 Å². The molecule has 5 heteroatoms. The lowest BCUT2D eigenvalue weighted by atomic mass is 10.0. The van der Waals surface area contributed by atoms with E-state index in [0.717, 1.165) is 35.0 Å². The van der Waals surface area contributed by atoms with E-state index in [-0.39, 0.29) is 0 Å². The molecule has 0 spiro atoms. The van der Waals surface area contributed by atoms with Crippen LogP contribution in [0.4, 0.5) is 5.69 Å². The molecule has 2 N–H and O–H groups in total. The van der Waals surface area contributed by atoms with E-state index >= 15 is 0 Å². The predicted molar refractivity (Wildman–Crippen MR) is 159 cm³/mol. The van der Waals surface area contributed by atoms with Crippen molar-refractivity contribution in [2.75, 3.05) is 31.6 Å². The molecule has 0 bridgehead atoms. The number of hydrogen-bond donors (Lipinski definition) is 3. The number of rotatable bonds is 8. The zero-order valence-corrected chi connectivity index (χ0v) is 23.9. The molecule has 0 aromatic heterocycles. The van der Waals surface area contributed by atoms with Crippen molar-refractivity contribution < 1.29 is 9.84 Å². The van der Waals surface area contributed by atoms with Gasteiger partial charge in [0.2, 0.25) is 0 Å². The van der Waals surface area contributed by atoms with Crippen molar-refractivity contribution in [2.45, 2.75) is 77.8 Å². The summed E-state index contributed by atoms with van der Waals surface area (Å²) in [7, 11) is 0. The topological polar surface area (TPSA) is 44.7 Å². The lowest BCUT2D eigenvalue weighted by Gasteiger charge is -2.34. The van der Waals surface area contributed by atoms with Crippen LogP contribution in [0.2, 0.25) is 0 Å². The summed E-state index contributed by atoms with van der Waals surface area (Å²) >= 11 is 4.40. The van der Waals surface area contributed by atoms with E-state index in [1.54, 1.807) is 0 Å². The first-order chi connectivity index (χ1) is 17.3. The van der Waals surface area contributed by atoms with Gasteiger partial charge in [0.25, 0.3) is 0 Å². The van der Waals surface area contributed by atoms with Gasteiger partial charge in [0.15, 0.2) is 0 Å². The highest BCUT2D eigenvalue weighted by Gasteiger charge is 2.21. The number of β-amino-alcohol motifs (C(OH)–C–C–N with tert-alkyl or cyclic N) is 1. The third-order valence-corrected chi connectivity index (χ3v) is 6.87. The van der Waals surface area contributed by atoms with Crippen LogP contribution in [0.5, 0.6) is 5.75 Å². The normalized spacial score (nSPS) is 16.6. The van der Waals surface area contributed by atoms with Gasteiger partial charge in [-0.15, -0.1) is 25.5 Å². The van der Waals surface area contributed by atoms with Crippen LogP contribution in [0.15, 0.2) is 47.4 Å². The number of aliphatic hydroxyl groups excluding tert-OH is 1. The smallest absolute Gasteiger partial charge is 0.124 e. The SMILES string of the molecule is C#C.C/C=C(/C)c1cc(C)ccc1S.CCNc1cccc(OC[C@@H](O)CN2CCCC[C@@H]2C)c1C. The lowest BCUT2D eigenvalue weighted by molar-refractivity contribution is 0.0436. The maximum absolute atomic E-state index is 10.3. The Morgan fingerprint density at radius 2 is 1.97 bits per heavy atom. The monoisotopic (exact) mass is 510 g/mol. The van der Waals surface area contributed by atoms with Gasteiger partial charge in [-0.2, -0.15) is 0 Å². The Kier molecular flexibility index (Phi) is 15.1. The highest BCUT2D eigenvalue weighted by Crippen LogP contribution is 2.26. The third kappa shape index (κ3) is 10.3. The van der Waals surface area contributed by atoms with E-state index < -0.39 is 6.10 Å². The van der Waals surface area contributed by atoms with E-state index in [2.05, 4.69) is 87.7 Å². The van der Waals surface area contributed by atoms with Crippen LogP contribution < -0.4 is 10.1 Å². The summed E-state index contributed by atoms with van der Waals surface area (Å²) in [5.41, 5.74) is 6.00. The standard InChI is InChI=1S/C18H30N2O2.C11H14S.C2H2/c1-4-19-17-9-7-10-18(15(17)3)22-13-16(21)12-20-11-6-5-8-14(20)2;1-4-9(3)10-7-8(2)5-6-11(10)12;1-2/h7,9-10,14,16,19,21H,4-6,8,11-13H2,1-3H3;4-7,12H,1-3H3;1-2H/b;9-4-;/t14-,16-;;/m0../s1. The third-order valence-electron chi connectivity index (χ3n) is 6.48. The molecule has 1 aliphatic rings. The maximum atomic E-state index is 10.3. The molecule has 2 aromatic carbocycles. The predicted octanol–water partition coefficient (Wildman–Crippen LogP) is 7.00. The summed E-state index contributed by atoms with van der Waals surface area (Å²) in [6, 6.07) is 12.9. The molecule has 0 amide bonds. The Morgan fingerprint density at radius 3 is 2.61 bits per heavy atom. The minimum absolute atomic E-state index is 0.347. The molecule has 1 heterocycles. The van der Waals surface area contributed by atoms with Gasteiger partial charge in [-0.1, -0.05) is 36.3 Å². The molecule has 0 radical (unpaired) electrons. The number of allylic oxidation sites excluding steroid dienone is 2. The quantitative estimate of drug-likeness (QED) is 0.264. The van der Waals surface area contributed by atoms with Gasteiger partial charge in [-0.05, 0) is 90.3 Å². The zero-order chi connectivity index (χ0) is 27.1. The first-order valence-corrected chi connectivity index (χ1v) is 13.4. The van der Waals surface area contributed by atoms with Crippen LogP contribution >= 0.6 is 12.6 Å². The van der Waals surface area contributed by atoms with Crippen molar-refractivity contribution in [3.63, 3.8) is 0 Å². The van der Waals surface area contributed by atoms with Crippen LogP contribution in [0.1, 0.15) is 63.6 Å². The minimum atomic E-state index is -0.442. The zero-order valence-electron chi connectivity index (χ0n) is 23.1. The summed E-state index contributed by atoms with van der Waals surface area (Å²) in [6.45, 7) is 15.7. The van der Waals surface area contributed by atoms with E-state index in [1.807, 2.05) is 32.0 Å². The number of anilines is 1. The number of benzene rings is 2. The molecular weight excluding hydrogens is 464 g/mol. The van der Waals surface area contributed by atoms with Crippen LogP contribution in [0.25, 0.3) is 5.57 Å². The van der Waals surface area contributed by atoms with Crippen molar-refractivity contribution in [1.29, 1.82) is 0 Å². The fourth-order valence-electron chi connectivity index (χ4n) is 4.21. The largest absolute Gasteiger partial charge is 0.490 e. The van der Waals surface area contributed by atoms with E-state index in [4.69, 9.17) is 4.74 Å². The van der Waals surface area contributed by atoms with E-state index in [9.17, 15) is 5.11 Å². The van der Waals surface area contributed by atoms with Gasteiger partial charge >= 0.3 is 0 Å². The molecule has 198 valence electrons. The van der Waals surface area contributed by atoms with Crippen molar-refractivity contribution in [3.05, 3.63) is 59.2 Å². The average molecular weight is 511 g/mol. The molecule has 1 aliphatic heterocycles. The molecule has 2 atom stereocenters. The maximum Gasteiger partial charge on any atom is 0.124 e. The number of likely N-dealkylation sites (tertiary alicyclic amines) is 1. The van der Waals surface area contributed by atoms with Crippen molar-refractivity contribution in [1.82, 2.24) is 4.90 Å². The molecule has 36 heavy (non-hydrogen) atoms. The number of ether oxygens (including phenoxy) is 1. The number of nitrogens with zero attached hydrogens (tertiary/aromatic N) is 1. The molecule has 4 nitrogen and oxygen atoms in total. The highest BCUT2D eigenvalue weighted by atomic mass is 32.1. The number of thiol groups is 1. The van der Waals surface area contributed by atoms with Gasteiger partial charge in [-0.3, -0.25) is 4.90 Å². The van der Waals surface area contributed by atoms with Crippen molar-refractivity contribution >= 4 is 23.9 Å². The van der Waals surface area contributed by atoms with E-state index in [0.29, 0.717) is 19.2 Å². The summed E-state index contributed by atoms with van der Waals surface area (Å²) in [6.07, 6.45) is 13.4. The average Bonchev–Trinajstić information content (AvgIpc) is 2.88. The van der Waals surface area contributed by atoms with Crippen LogP contribution in [-0.2, 0) is 0 Å². The molecule has 0 unspecified atom stereocenters. The van der Waals surface area contributed by atoms with Gasteiger partial charge < -0.3 is 15.2 Å². The highest BCUT2D eigenvalue weighted by molar-refractivity contribution is 7.80. The van der Waals surface area contributed by atoms with Gasteiger partial charge in [0.1, 0.15) is 18.5 Å². The Hall–Kier alpha value is -2.39. The first kappa shape index (κ1) is 31.6. The summed E-state index contributed by atoms with van der Waals surface area (Å²) in [5.74, 6) is 0.851. The lowest BCUT2D eigenvalue weighted by Crippen LogP contribution is -2.43. The first-order valence-electron chi connectivity index (χ1n) is 12.9. The molecule has 1 saturated heterocycles. The van der Waals surface area contributed by atoms with Crippen LogP contribution in [0, 0.1) is 26.7 Å². The fraction of sp³-hybridized carbons (Fsp3) is 0.484. The summed E-state index contributed by atoms with van der Waals surface area (Å²) < 4.78 is 5.85. The summed E-state index contributed by atoms with van der Waals surface area (Å²) in [4.78, 5) is 3.43. The summed E-state index contributed by atoms with van der Waals surface area (Å²) in [5, 5.41) is 13.6. The number of nitrogens with one attached hydrogen (secondary N) is 1. The molecule has 3 rings (SSSR count). The molecule has 0 aliphatic carbocycles. The second-order valence-electron chi connectivity index (χ2n) is 9.26. The number of aryl methyl sites for hydroxylation is 1. The molecule has 2 aromatic rings. The second-order valence-corrected chi connectivity index (χ2v) is 9.74. The Morgan fingerprint density at radius 1 is 1.25 bits per heavy atom. The number of terminal acetylenes is 1. The number of piperidine rings is 1. The number of hydrogen-bond acceptors (Lipinski definition) is 5. The number of aliphatic hydroxyl groups is 1. The van der Waals surface area contributed by atoms with Gasteiger partial charge in [-0.25, -0.2) is 0 Å². The molecule has 1 fully saturated rings. The minimum Gasteiger partial charge on any atom is -0.490 e. The Balaban J connectivity index is 0.000000391. The Labute approximate surface area is 225 Å². The van der Waals surface area contributed by atoms with Gasteiger partial charge in [0.05, 0.1) is 0 Å². The van der Waals surface area contributed by atoms with Gasteiger partial charge in [0, 0.05) is 35.3 Å². The van der Waals surface area contributed by atoms with Crippen LogP contribution in [0.3, 0.4) is 0 Å². The second kappa shape index (κ2) is 17.1. The fourth-order valence-corrected chi connectivity index (χ4v) is 4.53. The molecule has 0 saturated carbocycles. The van der Waals surface area contributed by atoms with E-state index in [1.165, 1.54) is 36.0 Å². The molecular formula is C31H46N2O2S. The van der Waals surface area contributed by atoms with Crippen molar-refractivity contribution in [3.8, 4) is 18.6 Å². The Bertz CT molecular complexity index is 970. The van der Waals surface area contributed by atoms with Crippen LogP contribution in [-0.4, -0.2) is 48.4 Å².